The molecule has 0 radical (unpaired) electrons. The molecule has 0 heterocycles. The molecule has 0 aliphatic rings. The van der Waals surface area contributed by atoms with Gasteiger partial charge in [-0.2, -0.15) is 0 Å². The summed E-state index contributed by atoms with van der Waals surface area (Å²) in [5.74, 6) is -0.00173. The third kappa shape index (κ3) is 6.01. The van der Waals surface area contributed by atoms with E-state index >= 15 is 0 Å². The average Bonchev–Trinajstić information content (AvgIpc) is 2.76. The molecule has 30 heavy (non-hydrogen) atoms. The molecule has 2 aromatic carbocycles. The Kier molecular flexibility index (Phi) is 8.75. The summed E-state index contributed by atoms with van der Waals surface area (Å²) >= 11 is 0. The first-order chi connectivity index (χ1) is 14.5. The van der Waals surface area contributed by atoms with E-state index in [0.29, 0.717) is 29.2 Å². The number of ether oxygens (including phenoxy) is 3. The van der Waals surface area contributed by atoms with Crippen LogP contribution >= 0.6 is 0 Å². The zero-order valence-electron chi connectivity index (χ0n) is 17.7. The fourth-order valence-corrected chi connectivity index (χ4v) is 2.71. The smallest absolute Gasteiger partial charge is 0.339 e. The standard InChI is InChI=1S/C23H27NO6/c1-5-12-30-24-16(2)17-10-11-21(22(13-17)28-4)29-14-18-8-6-7-9-19(18)20(15-27-3)23(25)26/h6-11,13,15H,5,12,14H2,1-4H3,(H,25,26). The number of hydrogen-bond donors (Lipinski definition) is 1. The van der Waals surface area contributed by atoms with E-state index in [1.807, 2.05) is 38.1 Å². The van der Waals surface area contributed by atoms with Gasteiger partial charge in [0.15, 0.2) is 11.5 Å². The van der Waals surface area contributed by atoms with Crippen molar-refractivity contribution in [1.82, 2.24) is 0 Å². The molecule has 0 aliphatic carbocycles. The maximum atomic E-state index is 11.6. The van der Waals surface area contributed by atoms with Crippen molar-refractivity contribution in [2.45, 2.75) is 26.9 Å². The van der Waals surface area contributed by atoms with Crippen molar-refractivity contribution >= 4 is 17.3 Å². The summed E-state index contributed by atoms with van der Waals surface area (Å²) in [5.41, 5.74) is 2.87. The highest BCUT2D eigenvalue weighted by Crippen LogP contribution is 2.30. The zero-order valence-corrected chi connectivity index (χ0v) is 17.7. The summed E-state index contributed by atoms with van der Waals surface area (Å²) in [5, 5.41) is 13.6. The van der Waals surface area contributed by atoms with Crippen LogP contribution in [0.1, 0.15) is 37.0 Å². The van der Waals surface area contributed by atoms with Crippen LogP contribution in [0.2, 0.25) is 0 Å². The van der Waals surface area contributed by atoms with Crippen LogP contribution in [0.15, 0.2) is 53.9 Å². The molecule has 0 aliphatic heterocycles. The van der Waals surface area contributed by atoms with E-state index in [1.165, 1.54) is 13.4 Å². The van der Waals surface area contributed by atoms with Gasteiger partial charge in [0, 0.05) is 5.56 Å². The Morgan fingerprint density at radius 2 is 1.90 bits per heavy atom. The number of benzene rings is 2. The number of methoxy groups -OCH3 is 2. The molecule has 0 unspecified atom stereocenters. The van der Waals surface area contributed by atoms with E-state index < -0.39 is 5.97 Å². The Bertz CT molecular complexity index is 920. The Balaban J connectivity index is 2.23. The van der Waals surface area contributed by atoms with E-state index in [4.69, 9.17) is 19.0 Å². The molecule has 7 heteroatoms. The third-order valence-electron chi connectivity index (χ3n) is 4.24. The minimum Gasteiger partial charge on any atom is -0.503 e. The highest BCUT2D eigenvalue weighted by molar-refractivity contribution is 6.15. The van der Waals surface area contributed by atoms with Gasteiger partial charge in [-0.05, 0) is 42.7 Å². The number of oxime groups is 1. The molecule has 7 nitrogen and oxygen atoms in total. The summed E-state index contributed by atoms with van der Waals surface area (Å²) in [6.07, 6.45) is 2.09. The first-order valence-corrected chi connectivity index (χ1v) is 9.54. The largest absolute Gasteiger partial charge is 0.503 e. The van der Waals surface area contributed by atoms with Crippen molar-refractivity contribution in [3.63, 3.8) is 0 Å². The number of nitrogens with zero attached hydrogens (tertiary/aromatic N) is 1. The summed E-state index contributed by atoms with van der Waals surface area (Å²) in [4.78, 5) is 16.8. The zero-order chi connectivity index (χ0) is 21.9. The molecule has 0 amide bonds. The lowest BCUT2D eigenvalue weighted by molar-refractivity contribution is -0.130. The van der Waals surface area contributed by atoms with Crippen molar-refractivity contribution in [1.29, 1.82) is 0 Å². The number of carbonyl (C=O) groups is 1. The van der Waals surface area contributed by atoms with Gasteiger partial charge in [0.05, 0.1) is 26.2 Å². The normalized spacial score (nSPS) is 11.7. The first kappa shape index (κ1) is 22.8. The molecule has 0 aromatic heterocycles. The van der Waals surface area contributed by atoms with Crippen LogP contribution in [0.25, 0.3) is 5.57 Å². The van der Waals surface area contributed by atoms with Crippen LogP contribution in [0.5, 0.6) is 11.5 Å². The summed E-state index contributed by atoms with van der Waals surface area (Å²) in [6.45, 7) is 4.59. The Morgan fingerprint density at radius 3 is 2.57 bits per heavy atom. The van der Waals surface area contributed by atoms with Gasteiger partial charge in [-0.25, -0.2) is 4.79 Å². The van der Waals surface area contributed by atoms with Gasteiger partial charge in [-0.3, -0.25) is 0 Å². The van der Waals surface area contributed by atoms with Gasteiger partial charge in [0.2, 0.25) is 0 Å². The van der Waals surface area contributed by atoms with Gasteiger partial charge in [-0.15, -0.1) is 0 Å². The molecule has 1 N–H and O–H groups in total. The van der Waals surface area contributed by atoms with Gasteiger partial charge < -0.3 is 24.2 Å². The highest BCUT2D eigenvalue weighted by Gasteiger charge is 2.16. The fraction of sp³-hybridized carbons (Fsp3) is 0.304. The quantitative estimate of drug-likeness (QED) is 0.192. The van der Waals surface area contributed by atoms with Crippen molar-refractivity contribution in [2.24, 2.45) is 5.16 Å². The van der Waals surface area contributed by atoms with Crippen molar-refractivity contribution in [3.05, 3.63) is 65.4 Å². The SMILES string of the molecule is CCCON=C(C)c1ccc(OCc2ccccc2C(=COC)C(=O)O)c(OC)c1. The topological polar surface area (TPSA) is 86.6 Å². The van der Waals surface area contributed by atoms with Gasteiger partial charge in [0.25, 0.3) is 0 Å². The highest BCUT2D eigenvalue weighted by atomic mass is 16.6. The van der Waals surface area contributed by atoms with E-state index in [-0.39, 0.29) is 12.2 Å². The summed E-state index contributed by atoms with van der Waals surface area (Å²) in [6, 6.07) is 12.6. The molecule has 2 aromatic rings. The Labute approximate surface area is 176 Å². The molecule has 160 valence electrons. The maximum Gasteiger partial charge on any atom is 0.339 e. The average molecular weight is 413 g/mol. The number of rotatable bonds is 11. The molecule has 0 saturated heterocycles. The van der Waals surface area contributed by atoms with Crippen LogP contribution in [0.4, 0.5) is 0 Å². The minimum atomic E-state index is -1.08. The Hall–Kier alpha value is -3.48. The van der Waals surface area contributed by atoms with Crippen LogP contribution < -0.4 is 9.47 Å². The molecule has 0 atom stereocenters. The van der Waals surface area contributed by atoms with E-state index in [9.17, 15) is 9.90 Å². The molecule has 0 bridgehead atoms. The second-order valence-electron chi connectivity index (χ2n) is 6.39. The molecular formula is C23H27NO6. The van der Waals surface area contributed by atoms with Gasteiger partial charge in [-0.1, -0.05) is 36.3 Å². The number of carboxylic acid groups (broad SMARTS) is 1. The van der Waals surface area contributed by atoms with Crippen LogP contribution in [-0.4, -0.2) is 37.6 Å². The second-order valence-corrected chi connectivity index (χ2v) is 6.39. The molecule has 0 spiro atoms. The monoisotopic (exact) mass is 413 g/mol. The van der Waals surface area contributed by atoms with Gasteiger partial charge >= 0.3 is 5.97 Å². The predicted molar refractivity (Wildman–Crippen MR) is 115 cm³/mol. The lowest BCUT2D eigenvalue weighted by atomic mass is 10.0. The van der Waals surface area contributed by atoms with E-state index in [1.54, 1.807) is 25.3 Å². The molecule has 2 rings (SSSR count). The van der Waals surface area contributed by atoms with Gasteiger partial charge in [0.1, 0.15) is 18.8 Å². The van der Waals surface area contributed by atoms with Crippen LogP contribution in [0, 0.1) is 0 Å². The third-order valence-corrected chi connectivity index (χ3v) is 4.24. The first-order valence-electron chi connectivity index (χ1n) is 9.54. The molecule has 0 fully saturated rings. The van der Waals surface area contributed by atoms with E-state index in [0.717, 1.165) is 17.7 Å². The molecule has 0 saturated carbocycles. The predicted octanol–water partition coefficient (Wildman–Crippen LogP) is 4.50. The number of hydrogen-bond acceptors (Lipinski definition) is 6. The van der Waals surface area contributed by atoms with Crippen molar-refractivity contribution in [3.8, 4) is 11.5 Å². The maximum absolute atomic E-state index is 11.6. The van der Waals surface area contributed by atoms with Crippen LogP contribution in [-0.2, 0) is 21.0 Å². The summed E-state index contributed by atoms with van der Waals surface area (Å²) in [7, 11) is 2.97. The number of carboxylic acids is 1. The van der Waals surface area contributed by atoms with Crippen molar-refractivity contribution < 1.29 is 28.9 Å². The lowest BCUT2D eigenvalue weighted by Gasteiger charge is -2.14. The number of aliphatic carboxylic acids is 1. The van der Waals surface area contributed by atoms with Crippen LogP contribution in [0.3, 0.4) is 0 Å². The van der Waals surface area contributed by atoms with E-state index in [2.05, 4.69) is 5.16 Å². The fourth-order valence-electron chi connectivity index (χ4n) is 2.71. The lowest BCUT2D eigenvalue weighted by Crippen LogP contribution is -2.06. The minimum absolute atomic E-state index is 0.0536. The summed E-state index contributed by atoms with van der Waals surface area (Å²) < 4.78 is 16.3. The van der Waals surface area contributed by atoms with Crippen molar-refractivity contribution in [2.75, 3.05) is 20.8 Å². The second kappa shape index (κ2) is 11.5. The molecular weight excluding hydrogens is 386 g/mol. The Morgan fingerprint density at radius 1 is 1.13 bits per heavy atom.